The Hall–Kier alpha value is -2.12. The highest BCUT2D eigenvalue weighted by molar-refractivity contribution is 5.96. The summed E-state index contributed by atoms with van der Waals surface area (Å²) in [5.74, 6) is -0.497. The van der Waals surface area contributed by atoms with E-state index in [9.17, 15) is 9.18 Å². The van der Waals surface area contributed by atoms with Crippen LogP contribution in [0.2, 0.25) is 0 Å². The Kier molecular flexibility index (Phi) is 6.39. The highest BCUT2D eigenvalue weighted by atomic mass is 35.5. The summed E-state index contributed by atoms with van der Waals surface area (Å²) in [6.07, 6.45) is 4.71. The van der Waals surface area contributed by atoms with Crippen LogP contribution in [0.25, 0.3) is 0 Å². The Balaban J connectivity index is 0.00000225. The molecular weight excluding hydrogens is 347 g/mol. The maximum absolute atomic E-state index is 14.0. The molecule has 0 spiro atoms. The van der Waals surface area contributed by atoms with Gasteiger partial charge in [0.05, 0.1) is 6.61 Å². The van der Waals surface area contributed by atoms with Gasteiger partial charge in [0.15, 0.2) is 11.6 Å². The number of amides is 1. The van der Waals surface area contributed by atoms with Crippen molar-refractivity contribution < 1.29 is 13.9 Å². The van der Waals surface area contributed by atoms with Gasteiger partial charge in [-0.2, -0.15) is 5.10 Å². The van der Waals surface area contributed by atoms with Crippen LogP contribution in [0.5, 0.6) is 5.75 Å². The normalized spacial score (nSPS) is 15.9. The van der Waals surface area contributed by atoms with Gasteiger partial charge in [-0.1, -0.05) is 0 Å². The van der Waals surface area contributed by atoms with Gasteiger partial charge in [-0.15, -0.1) is 12.4 Å². The zero-order valence-electron chi connectivity index (χ0n) is 14.0. The van der Waals surface area contributed by atoms with Crippen molar-refractivity contribution in [1.29, 1.82) is 0 Å². The first-order valence-corrected chi connectivity index (χ1v) is 8.10. The molecule has 1 aliphatic rings. The molecule has 2 heterocycles. The SMILES string of the molecule is CCOc1ccc(NC(=O)C2(n3cccn3)CCNCC2)cc1F.Cl. The number of carbonyl (C=O) groups excluding carboxylic acids is 1. The fourth-order valence-corrected chi connectivity index (χ4v) is 3.02. The molecule has 6 nitrogen and oxygen atoms in total. The Morgan fingerprint density at radius 1 is 1.44 bits per heavy atom. The van der Waals surface area contributed by atoms with Crippen LogP contribution in [-0.4, -0.2) is 35.4 Å². The Morgan fingerprint density at radius 2 is 2.20 bits per heavy atom. The van der Waals surface area contributed by atoms with Crippen molar-refractivity contribution in [2.75, 3.05) is 25.0 Å². The van der Waals surface area contributed by atoms with E-state index in [1.54, 1.807) is 36.1 Å². The van der Waals surface area contributed by atoms with Crippen LogP contribution in [-0.2, 0) is 10.3 Å². The van der Waals surface area contributed by atoms with E-state index in [0.717, 1.165) is 13.1 Å². The molecule has 0 saturated carbocycles. The fourth-order valence-electron chi connectivity index (χ4n) is 3.02. The minimum atomic E-state index is -0.760. The topological polar surface area (TPSA) is 68.2 Å². The molecule has 1 aliphatic heterocycles. The second-order valence-electron chi connectivity index (χ2n) is 5.76. The number of carbonyl (C=O) groups is 1. The largest absolute Gasteiger partial charge is 0.491 e. The molecule has 1 saturated heterocycles. The molecule has 0 unspecified atom stereocenters. The van der Waals surface area contributed by atoms with E-state index in [4.69, 9.17) is 4.74 Å². The lowest BCUT2D eigenvalue weighted by Gasteiger charge is -2.36. The molecule has 1 aromatic carbocycles. The van der Waals surface area contributed by atoms with E-state index in [0.29, 0.717) is 25.1 Å². The molecule has 0 aliphatic carbocycles. The summed E-state index contributed by atoms with van der Waals surface area (Å²) in [5.41, 5.74) is -0.352. The molecular formula is C17H22ClFN4O2. The van der Waals surface area contributed by atoms with Gasteiger partial charge in [0.2, 0.25) is 0 Å². The molecule has 2 aromatic rings. The molecule has 8 heteroatoms. The van der Waals surface area contributed by atoms with Crippen molar-refractivity contribution in [3.05, 3.63) is 42.5 Å². The lowest BCUT2D eigenvalue weighted by molar-refractivity contribution is -0.126. The molecule has 2 N–H and O–H groups in total. The number of nitrogens with zero attached hydrogens (tertiary/aromatic N) is 2. The summed E-state index contributed by atoms with van der Waals surface area (Å²) >= 11 is 0. The van der Waals surface area contributed by atoms with Gasteiger partial charge in [0.25, 0.3) is 5.91 Å². The standard InChI is InChI=1S/C17H21FN4O2.ClH/c1-2-24-15-5-4-13(12-14(15)18)21-16(23)17(6-9-19-10-7-17)22-11-3-8-20-22;/h3-5,8,11-12,19H,2,6-7,9-10H2,1H3,(H,21,23);1H. The Bertz CT molecular complexity index is 703. The van der Waals surface area contributed by atoms with Gasteiger partial charge in [-0.25, -0.2) is 4.39 Å². The molecule has 0 bridgehead atoms. The van der Waals surface area contributed by atoms with E-state index >= 15 is 0 Å². The number of nitrogens with one attached hydrogen (secondary N) is 2. The van der Waals surface area contributed by atoms with Crippen molar-refractivity contribution in [3.8, 4) is 5.75 Å². The zero-order chi connectivity index (χ0) is 17.0. The molecule has 1 aromatic heterocycles. The van der Waals surface area contributed by atoms with Crippen molar-refractivity contribution in [2.24, 2.45) is 0 Å². The highest BCUT2D eigenvalue weighted by Crippen LogP contribution is 2.29. The third kappa shape index (κ3) is 3.93. The summed E-state index contributed by atoms with van der Waals surface area (Å²) in [6, 6.07) is 6.25. The molecule has 0 atom stereocenters. The van der Waals surface area contributed by atoms with Gasteiger partial charge in [-0.05, 0) is 51.1 Å². The maximum Gasteiger partial charge on any atom is 0.252 e. The molecule has 25 heavy (non-hydrogen) atoms. The van der Waals surface area contributed by atoms with E-state index in [1.807, 2.05) is 0 Å². The quantitative estimate of drug-likeness (QED) is 0.851. The van der Waals surface area contributed by atoms with Crippen molar-refractivity contribution in [2.45, 2.75) is 25.3 Å². The van der Waals surface area contributed by atoms with Gasteiger partial charge in [0, 0.05) is 24.1 Å². The summed E-state index contributed by atoms with van der Waals surface area (Å²) in [4.78, 5) is 13.0. The number of hydrogen-bond donors (Lipinski definition) is 2. The smallest absolute Gasteiger partial charge is 0.252 e. The average molecular weight is 369 g/mol. The maximum atomic E-state index is 14.0. The second-order valence-corrected chi connectivity index (χ2v) is 5.76. The number of halogens is 2. The third-order valence-corrected chi connectivity index (χ3v) is 4.29. The van der Waals surface area contributed by atoms with Gasteiger partial charge >= 0.3 is 0 Å². The monoisotopic (exact) mass is 368 g/mol. The number of piperidine rings is 1. The average Bonchev–Trinajstić information content (AvgIpc) is 3.13. The van der Waals surface area contributed by atoms with Gasteiger partial charge < -0.3 is 15.4 Å². The van der Waals surface area contributed by atoms with Crippen LogP contribution >= 0.6 is 12.4 Å². The van der Waals surface area contributed by atoms with Gasteiger partial charge in [-0.3, -0.25) is 9.48 Å². The van der Waals surface area contributed by atoms with Crippen LogP contribution in [0.4, 0.5) is 10.1 Å². The van der Waals surface area contributed by atoms with E-state index in [1.165, 1.54) is 12.1 Å². The van der Waals surface area contributed by atoms with Crippen LogP contribution in [0.15, 0.2) is 36.7 Å². The lowest BCUT2D eigenvalue weighted by atomic mass is 9.87. The van der Waals surface area contributed by atoms with Crippen LogP contribution < -0.4 is 15.4 Å². The Morgan fingerprint density at radius 3 is 2.80 bits per heavy atom. The minimum absolute atomic E-state index is 0. The molecule has 136 valence electrons. The predicted molar refractivity (Wildman–Crippen MR) is 95.8 cm³/mol. The zero-order valence-corrected chi connectivity index (χ0v) is 14.8. The van der Waals surface area contributed by atoms with E-state index in [-0.39, 0.29) is 24.1 Å². The van der Waals surface area contributed by atoms with Crippen molar-refractivity contribution in [1.82, 2.24) is 15.1 Å². The molecule has 1 amide bonds. The fraction of sp³-hybridized carbons (Fsp3) is 0.412. The first-order valence-electron chi connectivity index (χ1n) is 8.10. The minimum Gasteiger partial charge on any atom is -0.491 e. The van der Waals surface area contributed by atoms with E-state index in [2.05, 4.69) is 15.7 Å². The summed E-state index contributed by atoms with van der Waals surface area (Å²) < 4.78 is 20.9. The van der Waals surface area contributed by atoms with Crippen LogP contribution in [0, 0.1) is 5.82 Å². The first-order chi connectivity index (χ1) is 11.7. The molecule has 0 radical (unpaired) electrons. The number of rotatable bonds is 5. The first kappa shape index (κ1) is 19.2. The van der Waals surface area contributed by atoms with Gasteiger partial charge in [0.1, 0.15) is 5.54 Å². The highest BCUT2D eigenvalue weighted by Gasteiger charge is 2.42. The van der Waals surface area contributed by atoms with Crippen LogP contribution in [0.3, 0.4) is 0 Å². The molecule has 1 fully saturated rings. The number of anilines is 1. The summed E-state index contributed by atoms with van der Waals surface area (Å²) in [5, 5.41) is 10.3. The van der Waals surface area contributed by atoms with Crippen LogP contribution in [0.1, 0.15) is 19.8 Å². The van der Waals surface area contributed by atoms with E-state index < -0.39 is 11.4 Å². The summed E-state index contributed by atoms with van der Waals surface area (Å²) in [7, 11) is 0. The number of ether oxygens (including phenoxy) is 1. The Labute approximate surface area is 152 Å². The van der Waals surface area contributed by atoms with Crippen molar-refractivity contribution >= 4 is 24.0 Å². The lowest BCUT2D eigenvalue weighted by Crippen LogP contribution is -2.52. The number of hydrogen-bond acceptors (Lipinski definition) is 4. The number of benzene rings is 1. The third-order valence-electron chi connectivity index (χ3n) is 4.29. The predicted octanol–water partition coefficient (Wildman–Crippen LogP) is 2.56. The summed E-state index contributed by atoms with van der Waals surface area (Å²) in [6.45, 7) is 3.63. The van der Waals surface area contributed by atoms with Crippen molar-refractivity contribution in [3.63, 3.8) is 0 Å². The molecule has 3 rings (SSSR count). The number of aromatic nitrogens is 2. The second kappa shape index (κ2) is 8.31.